The molecule has 1 aliphatic heterocycles. The van der Waals surface area contributed by atoms with Crippen molar-refractivity contribution < 1.29 is 23.8 Å². The van der Waals surface area contributed by atoms with Crippen LogP contribution in [0.2, 0.25) is 0 Å². The van der Waals surface area contributed by atoms with E-state index in [4.69, 9.17) is 21.7 Å². The van der Waals surface area contributed by atoms with E-state index < -0.39 is 6.09 Å². The molecule has 9 heteroatoms. The average molecular weight is 466 g/mol. The molecule has 1 aliphatic carbocycles. The first-order chi connectivity index (χ1) is 16.0. The number of pyridine rings is 1. The molecule has 33 heavy (non-hydrogen) atoms. The topological polar surface area (TPSA) is 86.0 Å². The second-order valence-corrected chi connectivity index (χ2v) is 8.07. The van der Waals surface area contributed by atoms with E-state index in [9.17, 15) is 14.8 Å². The fraction of sp³-hybridized carbons (Fsp3) is 0.250. The third-order valence-electron chi connectivity index (χ3n) is 5.28. The number of carbonyl (C=O) groups excluding carboxylic acids is 2. The molecular formula is C24H23N3O5S. The maximum Gasteiger partial charge on any atom is 0.507 e. The number of ether oxygens (including phenoxy) is 2. The summed E-state index contributed by atoms with van der Waals surface area (Å²) in [5.74, 6) is 0.677. The third kappa shape index (κ3) is 5.38. The molecule has 1 aromatic carbocycles. The van der Waals surface area contributed by atoms with Gasteiger partial charge in [-0.05, 0) is 23.8 Å². The van der Waals surface area contributed by atoms with Crippen LogP contribution >= 0.6 is 12.2 Å². The zero-order valence-electron chi connectivity index (χ0n) is 17.9. The Kier molecular flexibility index (Phi) is 6.99. The smallest absolute Gasteiger partial charge is 0.507 e. The number of hydrogen-bond donors (Lipinski definition) is 0. The van der Waals surface area contributed by atoms with Crippen LogP contribution in [0.4, 0.5) is 10.6 Å². The van der Waals surface area contributed by atoms with Gasteiger partial charge >= 0.3 is 6.09 Å². The average Bonchev–Trinajstić information content (AvgIpc) is 2.83. The van der Waals surface area contributed by atoms with Crippen LogP contribution in [-0.2, 0) is 20.9 Å². The summed E-state index contributed by atoms with van der Waals surface area (Å²) < 4.78 is 11.6. The predicted octanol–water partition coefficient (Wildman–Crippen LogP) is 3.25. The molecule has 0 fully saturated rings. The molecule has 2 amide bonds. The number of nitrogens with zero attached hydrogens (tertiary/aromatic N) is 3. The van der Waals surface area contributed by atoms with Crippen molar-refractivity contribution in [3.05, 3.63) is 89.1 Å². The number of aromatic nitrogens is 1. The molecule has 2 heterocycles. The first-order valence-electron chi connectivity index (χ1n) is 10.6. The number of carbonyl (C=O) groups is 2. The Morgan fingerprint density at radius 3 is 2.76 bits per heavy atom. The van der Waals surface area contributed by atoms with Crippen molar-refractivity contribution in [2.75, 3.05) is 24.6 Å². The first-order valence-corrected chi connectivity index (χ1v) is 11.0. The molecule has 0 radical (unpaired) electrons. The maximum absolute atomic E-state index is 12.9. The summed E-state index contributed by atoms with van der Waals surface area (Å²) in [5.41, 5.74) is 1.53. The summed E-state index contributed by atoms with van der Waals surface area (Å²) in [7, 11) is 0. The molecule has 0 unspecified atom stereocenters. The molecule has 0 N–H and O–H groups in total. The number of benzene rings is 1. The number of hydrogen-bond acceptors (Lipinski definition) is 6. The van der Waals surface area contributed by atoms with Crippen molar-refractivity contribution in [1.29, 1.82) is 0 Å². The lowest BCUT2D eigenvalue weighted by atomic mass is 10.1. The summed E-state index contributed by atoms with van der Waals surface area (Å²) in [6.07, 6.45) is 5.18. The zero-order chi connectivity index (χ0) is 23.2. The molecule has 2 aliphatic rings. The second-order valence-electron chi connectivity index (χ2n) is 7.55. The molecule has 1 aromatic heterocycles. The zero-order valence-corrected chi connectivity index (χ0v) is 18.7. The monoisotopic (exact) mass is 465 g/mol. The summed E-state index contributed by atoms with van der Waals surface area (Å²) in [6, 6.07) is 14.1. The van der Waals surface area contributed by atoms with Gasteiger partial charge in [0, 0.05) is 30.3 Å². The maximum atomic E-state index is 12.9. The van der Waals surface area contributed by atoms with Crippen LogP contribution in [0, 0.1) is 5.21 Å². The van der Waals surface area contributed by atoms with Gasteiger partial charge in [0.05, 0.1) is 18.4 Å². The van der Waals surface area contributed by atoms with E-state index in [1.807, 2.05) is 30.3 Å². The number of anilines is 1. The van der Waals surface area contributed by atoms with Crippen LogP contribution in [0.25, 0.3) is 0 Å². The molecule has 0 bridgehead atoms. The molecule has 2 aromatic rings. The lowest BCUT2D eigenvalue weighted by Crippen LogP contribution is -2.44. The van der Waals surface area contributed by atoms with Crippen LogP contribution in [0.3, 0.4) is 0 Å². The molecule has 0 saturated carbocycles. The number of allylic oxidation sites excluding steroid dienone is 3. The third-order valence-corrected chi connectivity index (χ3v) is 5.56. The quantitative estimate of drug-likeness (QED) is 0.355. The van der Waals surface area contributed by atoms with Gasteiger partial charge in [-0.15, -0.1) is 0 Å². The highest BCUT2D eigenvalue weighted by molar-refractivity contribution is 7.80. The number of rotatable bonds is 7. The van der Waals surface area contributed by atoms with E-state index >= 15 is 0 Å². The Bertz CT molecular complexity index is 1120. The molecule has 4 rings (SSSR count). The van der Waals surface area contributed by atoms with Crippen LogP contribution < -0.4 is 9.63 Å². The Labute approximate surface area is 196 Å². The van der Waals surface area contributed by atoms with Gasteiger partial charge in [0.25, 0.3) is 11.7 Å². The molecule has 0 atom stereocenters. The van der Waals surface area contributed by atoms with Gasteiger partial charge < -0.3 is 19.6 Å². The summed E-state index contributed by atoms with van der Waals surface area (Å²) in [6.45, 7) is 0.587. The van der Waals surface area contributed by atoms with Gasteiger partial charge in [-0.3, -0.25) is 4.79 Å². The van der Waals surface area contributed by atoms with Gasteiger partial charge in [-0.25, -0.2) is 4.73 Å². The summed E-state index contributed by atoms with van der Waals surface area (Å²) in [4.78, 5) is 29.0. The van der Waals surface area contributed by atoms with Crippen molar-refractivity contribution in [3.8, 4) is 0 Å². The van der Waals surface area contributed by atoms with Crippen LogP contribution in [0.1, 0.15) is 18.4 Å². The van der Waals surface area contributed by atoms with Crippen molar-refractivity contribution in [1.82, 2.24) is 4.90 Å². The Morgan fingerprint density at radius 2 is 1.97 bits per heavy atom. The summed E-state index contributed by atoms with van der Waals surface area (Å²) >= 11 is 5.22. The minimum atomic E-state index is -0.634. The van der Waals surface area contributed by atoms with Crippen molar-refractivity contribution in [3.63, 3.8) is 0 Å². The largest absolute Gasteiger partial charge is 0.711 e. The number of thiocarbonyl (C=S) groups is 1. The van der Waals surface area contributed by atoms with Crippen molar-refractivity contribution in [2.45, 2.75) is 19.4 Å². The molecule has 170 valence electrons. The first kappa shape index (κ1) is 22.5. The minimum absolute atomic E-state index is 0.0443. The van der Waals surface area contributed by atoms with E-state index in [1.165, 1.54) is 11.1 Å². The van der Waals surface area contributed by atoms with E-state index in [1.54, 1.807) is 35.3 Å². The highest BCUT2D eigenvalue weighted by Crippen LogP contribution is 2.26. The highest BCUT2D eigenvalue weighted by Gasteiger charge is 2.31. The summed E-state index contributed by atoms with van der Waals surface area (Å²) in [5, 5.41) is 12.3. The molecule has 8 nitrogen and oxygen atoms in total. The Balaban J connectivity index is 1.45. The van der Waals surface area contributed by atoms with Crippen molar-refractivity contribution >= 4 is 34.9 Å². The van der Waals surface area contributed by atoms with E-state index in [-0.39, 0.29) is 31.5 Å². The standard InChI is InChI=1S/C24H23N3O5S/c28-23-17-31-21-15-19(33)10-11-20(21)25(23)12-6-13-26(22-9-4-5-14-27(22)30)24(29)32-16-18-7-2-1-3-8-18/h1-5,7-11,14H,6,12-13,15-17H2. The fourth-order valence-electron chi connectivity index (χ4n) is 3.66. The second kappa shape index (κ2) is 10.3. The van der Waals surface area contributed by atoms with E-state index in [0.29, 0.717) is 35.6 Å². The van der Waals surface area contributed by atoms with Crippen LogP contribution in [0.15, 0.2) is 78.3 Å². The van der Waals surface area contributed by atoms with Gasteiger partial charge in [-0.2, -0.15) is 9.69 Å². The Morgan fingerprint density at radius 1 is 1.18 bits per heavy atom. The van der Waals surface area contributed by atoms with E-state index in [2.05, 4.69) is 0 Å². The van der Waals surface area contributed by atoms with Crippen molar-refractivity contribution in [2.24, 2.45) is 0 Å². The minimum Gasteiger partial charge on any atom is -0.711 e. The normalized spacial score (nSPS) is 15.2. The van der Waals surface area contributed by atoms with Gasteiger partial charge in [0.1, 0.15) is 12.4 Å². The SMILES string of the molecule is O=C1COC2=C(C=CC(=S)C2)N1CCCN(C(=O)OCc1ccccc1)c1cccc[n+]1[O-]. The lowest BCUT2D eigenvalue weighted by molar-refractivity contribution is -0.591. The lowest BCUT2D eigenvalue weighted by Gasteiger charge is -2.32. The molecule has 0 saturated heterocycles. The fourth-order valence-corrected chi connectivity index (χ4v) is 3.86. The van der Waals surface area contributed by atoms with Crippen LogP contribution in [-0.4, -0.2) is 41.5 Å². The number of amides is 2. The molecule has 0 spiro atoms. The highest BCUT2D eigenvalue weighted by atomic mass is 32.1. The molecular weight excluding hydrogens is 442 g/mol. The predicted molar refractivity (Wildman–Crippen MR) is 125 cm³/mol. The van der Waals surface area contributed by atoms with Gasteiger partial charge in [-0.1, -0.05) is 48.6 Å². The van der Waals surface area contributed by atoms with Gasteiger partial charge in [0.15, 0.2) is 6.61 Å². The van der Waals surface area contributed by atoms with Gasteiger partial charge in [0.2, 0.25) is 0 Å². The van der Waals surface area contributed by atoms with E-state index in [0.717, 1.165) is 10.4 Å². The van der Waals surface area contributed by atoms with Crippen LogP contribution in [0.5, 0.6) is 0 Å². The Hall–Kier alpha value is -3.72.